The molecule has 3 rings (SSSR count). The normalized spacial score (nSPS) is 15.2. The van der Waals surface area contributed by atoms with Crippen LogP contribution in [0.25, 0.3) is 0 Å². The van der Waals surface area contributed by atoms with E-state index in [2.05, 4.69) is 10.2 Å². The molecule has 0 aromatic heterocycles. The first-order chi connectivity index (χ1) is 11.6. The summed E-state index contributed by atoms with van der Waals surface area (Å²) in [6.07, 6.45) is 0. The van der Waals surface area contributed by atoms with Crippen LogP contribution in [0.3, 0.4) is 0 Å². The molecule has 5 nitrogen and oxygen atoms in total. The molecule has 0 saturated carbocycles. The lowest BCUT2D eigenvalue weighted by atomic mass is 10.1. The molecule has 6 heteroatoms. The predicted molar refractivity (Wildman–Crippen MR) is 91.3 cm³/mol. The molecule has 0 spiro atoms. The minimum absolute atomic E-state index is 0.0269. The second-order valence-electron chi connectivity index (χ2n) is 5.78. The maximum atomic E-state index is 13.5. The van der Waals surface area contributed by atoms with Crippen molar-refractivity contribution in [3.63, 3.8) is 0 Å². The van der Waals surface area contributed by atoms with Gasteiger partial charge in [0.25, 0.3) is 5.91 Å². The molecule has 0 bridgehead atoms. The van der Waals surface area contributed by atoms with E-state index in [4.69, 9.17) is 10.5 Å². The number of rotatable bonds is 4. The summed E-state index contributed by atoms with van der Waals surface area (Å²) >= 11 is 0. The SMILES string of the molecule is Nc1ccc(C(=O)Nc2cccc(CN3CCOCC3)c2)cc1F. The third kappa shape index (κ3) is 4.10. The van der Waals surface area contributed by atoms with Gasteiger partial charge in [-0.15, -0.1) is 0 Å². The van der Waals surface area contributed by atoms with Gasteiger partial charge in [0, 0.05) is 30.9 Å². The molecule has 1 amide bonds. The van der Waals surface area contributed by atoms with Crippen molar-refractivity contribution in [2.24, 2.45) is 0 Å². The number of morpholine rings is 1. The molecule has 2 aromatic carbocycles. The van der Waals surface area contributed by atoms with Gasteiger partial charge in [-0.25, -0.2) is 4.39 Å². The molecule has 0 radical (unpaired) electrons. The minimum Gasteiger partial charge on any atom is -0.396 e. The van der Waals surface area contributed by atoms with Gasteiger partial charge in [0.15, 0.2) is 0 Å². The van der Waals surface area contributed by atoms with Crippen molar-refractivity contribution in [3.8, 4) is 0 Å². The van der Waals surface area contributed by atoms with Gasteiger partial charge in [-0.1, -0.05) is 12.1 Å². The van der Waals surface area contributed by atoms with Gasteiger partial charge in [0.1, 0.15) is 5.82 Å². The number of carbonyl (C=O) groups is 1. The first-order valence-corrected chi connectivity index (χ1v) is 7.87. The number of carbonyl (C=O) groups excluding carboxylic acids is 1. The average Bonchev–Trinajstić information content (AvgIpc) is 2.58. The number of nitrogens with zero attached hydrogens (tertiary/aromatic N) is 1. The van der Waals surface area contributed by atoms with E-state index in [1.165, 1.54) is 12.1 Å². The highest BCUT2D eigenvalue weighted by Crippen LogP contribution is 2.16. The highest BCUT2D eigenvalue weighted by molar-refractivity contribution is 6.04. The molecular weight excluding hydrogens is 309 g/mol. The van der Waals surface area contributed by atoms with Gasteiger partial charge >= 0.3 is 0 Å². The fourth-order valence-corrected chi connectivity index (χ4v) is 2.64. The van der Waals surface area contributed by atoms with E-state index in [0.717, 1.165) is 44.5 Å². The Labute approximate surface area is 140 Å². The molecule has 2 aromatic rings. The zero-order valence-electron chi connectivity index (χ0n) is 13.3. The van der Waals surface area contributed by atoms with Gasteiger partial charge in [-0.3, -0.25) is 9.69 Å². The Hall–Kier alpha value is -2.44. The molecule has 1 heterocycles. The molecular formula is C18H20FN3O2. The first-order valence-electron chi connectivity index (χ1n) is 7.87. The van der Waals surface area contributed by atoms with E-state index in [9.17, 15) is 9.18 Å². The van der Waals surface area contributed by atoms with Crippen molar-refractivity contribution in [1.82, 2.24) is 4.90 Å². The molecule has 1 aliphatic heterocycles. The van der Waals surface area contributed by atoms with Gasteiger partial charge < -0.3 is 15.8 Å². The summed E-state index contributed by atoms with van der Waals surface area (Å²) in [5.74, 6) is -0.957. The monoisotopic (exact) mass is 329 g/mol. The largest absolute Gasteiger partial charge is 0.396 e. The molecule has 0 unspecified atom stereocenters. The van der Waals surface area contributed by atoms with Crippen molar-refractivity contribution < 1.29 is 13.9 Å². The number of hydrogen-bond donors (Lipinski definition) is 2. The molecule has 1 saturated heterocycles. The molecule has 0 atom stereocenters. The molecule has 1 aliphatic rings. The Balaban J connectivity index is 1.67. The second kappa shape index (κ2) is 7.42. The summed E-state index contributed by atoms with van der Waals surface area (Å²) in [5, 5.41) is 2.79. The molecule has 24 heavy (non-hydrogen) atoms. The third-order valence-corrected chi connectivity index (χ3v) is 3.96. The lowest BCUT2D eigenvalue weighted by molar-refractivity contribution is 0.0342. The summed E-state index contributed by atoms with van der Waals surface area (Å²) in [6, 6.07) is 11.7. The summed E-state index contributed by atoms with van der Waals surface area (Å²) in [4.78, 5) is 14.5. The standard InChI is InChI=1S/C18H20FN3O2/c19-16-11-14(4-5-17(16)20)18(23)21-15-3-1-2-13(10-15)12-22-6-8-24-9-7-22/h1-5,10-11H,6-9,12,20H2,(H,21,23). The van der Waals surface area contributed by atoms with Crippen LogP contribution in [0.2, 0.25) is 0 Å². The van der Waals surface area contributed by atoms with Crippen LogP contribution in [0.4, 0.5) is 15.8 Å². The van der Waals surface area contributed by atoms with Gasteiger partial charge in [-0.2, -0.15) is 0 Å². The Morgan fingerprint density at radius 3 is 2.75 bits per heavy atom. The Morgan fingerprint density at radius 1 is 1.21 bits per heavy atom. The topological polar surface area (TPSA) is 67.6 Å². The average molecular weight is 329 g/mol. The van der Waals surface area contributed by atoms with Gasteiger partial charge in [0.05, 0.1) is 18.9 Å². The number of hydrogen-bond acceptors (Lipinski definition) is 4. The summed E-state index contributed by atoms with van der Waals surface area (Å²) in [7, 11) is 0. The zero-order valence-corrected chi connectivity index (χ0v) is 13.3. The number of ether oxygens (including phenoxy) is 1. The van der Waals surface area contributed by atoms with E-state index in [0.29, 0.717) is 5.69 Å². The summed E-state index contributed by atoms with van der Waals surface area (Å²) in [6.45, 7) is 4.12. The number of halogens is 1. The third-order valence-electron chi connectivity index (χ3n) is 3.96. The zero-order chi connectivity index (χ0) is 16.9. The Kier molecular flexibility index (Phi) is 5.08. The van der Waals surface area contributed by atoms with Crippen LogP contribution >= 0.6 is 0 Å². The van der Waals surface area contributed by atoms with Crippen LogP contribution in [0.15, 0.2) is 42.5 Å². The predicted octanol–water partition coefficient (Wildman–Crippen LogP) is 2.49. The van der Waals surface area contributed by atoms with Crippen molar-refractivity contribution >= 4 is 17.3 Å². The number of nitrogen functional groups attached to an aromatic ring is 1. The van der Waals surface area contributed by atoms with Crippen LogP contribution in [-0.4, -0.2) is 37.1 Å². The van der Waals surface area contributed by atoms with E-state index in [-0.39, 0.29) is 17.2 Å². The Bertz CT molecular complexity index is 730. The van der Waals surface area contributed by atoms with Crippen molar-refractivity contribution in [2.75, 3.05) is 37.4 Å². The fourth-order valence-electron chi connectivity index (χ4n) is 2.64. The lowest BCUT2D eigenvalue weighted by Gasteiger charge is -2.26. The summed E-state index contributed by atoms with van der Waals surface area (Å²) in [5.41, 5.74) is 7.49. The number of amides is 1. The Morgan fingerprint density at radius 2 is 2.00 bits per heavy atom. The molecule has 126 valence electrons. The van der Waals surface area contributed by atoms with Gasteiger partial charge in [0.2, 0.25) is 0 Å². The van der Waals surface area contributed by atoms with Crippen molar-refractivity contribution in [2.45, 2.75) is 6.54 Å². The smallest absolute Gasteiger partial charge is 0.255 e. The van der Waals surface area contributed by atoms with Gasteiger partial charge in [-0.05, 0) is 35.9 Å². The minimum atomic E-state index is -0.594. The first kappa shape index (κ1) is 16.4. The van der Waals surface area contributed by atoms with Crippen LogP contribution in [0.5, 0.6) is 0 Å². The number of anilines is 2. The van der Waals surface area contributed by atoms with E-state index >= 15 is 0 Å². The maximum Gasteiger partial charge on any atom is 0.255 e. The van der Waals surface area contributed by atoms with E-state index in [1.54, 1.807) is 0 Å². The summed E-state index contributed by atoms with van der Waals surface area (Å²) < 4.78 is 18.8. The number of nitrogens with two attached hydrogens (primary N) is 1. The van der Waals surface area contributed by atoms with Crippen LogP contribution in [0.1, 0.15) is 15.9 Å². The van der Waals surface area contributed by atoms with Crippen LogP contribution in [-0.2, 0) is 11.3 Å². The highest BCUT2D eigenvalue weighted by atomic mass is 19.1. The lowest BCUT2D eigenvalue weighted by Crippen LogP contribution is -2.35. The maximum absolute atomic E-state index is 13.5. The van der Waals surface area contributed by atoms with Crippen molar-refractivity contribution in [1.29, 1.82) is 0 Å². The van der Waals surface area contributed by atoms with E-state index < -0.39 is 5.82 Å². The second-order valence-corrected chi connectivity index (χ2v) is 5.78. The highest BCUT2D eigenvalue weighted by Gasteiger charge is 2.12. The molecule has 0 aliphatic carbocycles. The molecule has 1 fully saturated rings. The number of nitrogens with one attached hydrogen (secondary N) is 1. The van der Waals surface area contributed by atoms with Crippen molar-refractivity contribution in [3.05, 3.63) is 59.4 Å². The van der Waals surface area contributed by atoms with E-state index in [1.807, 2.05) is 24.3 Å². The molecule has 3 N–H and O–H groups in total. The quantitative estimate of drug-likeness (QED) is 0.846. The fraction of sp³-hybridized carbons (Fsp3) is 0.278. The number of benzene rings is 2. The van der Waals surface area contributed by atoms with Crippen LogP contribution < -0.4 is 11.1 Å². The van der Waals surface area contributed by atoms with Crippen LogP contribution in [0, 0.1) is 5.82 Å².